The van der Waals surface area contributed by atoms with Crippen LogP contribution in [0.15, 0.2) is 36.5 Å². The largest absolute Gasteiger partial charge is 0.505 e. The Hall–Kier alpha value is -2.54. The average Bonchev–Trinajstić information content (AvgIpc) is 2.68. The Kier molecular flexibility index (Phi) is 8.51. The van der Waals surface area contributed by atoms with Gasteiger partial charge in [0.15, 0.2) is 6.29 Å². The molecule has 0 fully saturated rings. The molecule has 8 nitrogen and oxygen atoms in total. The number of pyridine rings is 1. The fourth-order valence-electron chi connectivity index (χ4n) is 2.24. The molecule has 1 aromatic heterocycles. The molecule has 0 spiro atoms. The summed E-state index contributed by atoms with van der Waals surface area (Å²) in [5.41, 5.74) is 0.868. The number of para-hydroxylation sites is 1. The van der Waals surface area contributed by atoms with E-state index >= 15 is 0 Å². The van der Waals surface area contributed by atoms with Crippen molar-refractivity contribution in [3.05, 3.63) is 53.3 Å². The Balaban J connectivity index is 2.14. The molecule has 0 saturated carbocycles. The Bertz CT molecular complexity index is 831. The summed E-state index contributed by atoms with van der Waals surface area (Å²) in [6.07, 6.45) is 1.77. The van der Waals surface area contributed by atoms with E-state index in [-0.39, 0.29) is 24.0 Å². The second-order valence-corrected chi connectivity index (χ2v) is 7.73. The lowest BCUT2D eigenvalue weighted by molar-refractivity contribution is -0.149. The van der Waals surface area contributed by atoms with E-state index in [1.165, 1.54) is 6.20 Å². The molecule has 2 aromatic rings. The highest BCUT2D eigenvalue weighted by atomic mass is 31.2. The second kappa shape index (κ2) is 10.9. The van der Waals surface area contributed by atoms with E-state index in [1.54, 1.807) is 39.8 Å². The lowest BCUT2D eigenvalue weighted by atomic mass is 10.1. The van der Waals surface area contributed by atoms with E-state index < -0.39 is 20.5 Å². The molecular formula is C20H25N2O6P. The van der Waals surface area contributed by atoms with Crippen LogP contribution < -0.4 is 9.61 Å². The van der Waals surface area contributed by atoms with Gasteiger partial charge in [0.1, 0.15) is 17.5 Å². The van der Waals surface area contributed by atoms with Gasteiger partial charge in [0.2, 0.25) is 0 Å². The predicted molar refractivity (Wildman–Crippen MR) is 109 cm³/mol. The van der Waals surface area contributed by atoms with E-state index in [1.807, 2.05) is 18.2 Å². The number of hydrogen-bond donors (Lipinski definition) is 2. The number of aldehydes is 1. The predicted octanol–water partition coefficient (Wildman–Crippen LogP) is 3.66. The number of aromatic hydroxyl groups is 1. The molecule has 9 heteroatoms. The standard InChI is InChI=1S/C20H25N2O6P/c1-13(2)27-20(25)15(4)22-29(28-17-8-6-5-7-9-17)26-12-16-10-21-14(3)19(24)18(16)11-23/h5-11,13,15,22,24H,12H2,1-4H3/t15-,29?/m1/s1. The first-order chi connectivity index (χ1) is 13.8. The topological polar surface area (TPSA) is 107 Å². The van der Waals surface area contributed by atoms with E-state index in [2.05, 4.69) is 10.1 Å². The third-order valence-corrected chi connectivity index (χ3v) is 5.09. The monoisotopic (exact) mass is 420 g/mol. The van der Waals surface area contributed by atoms with Gasteiger partial charge in [0.25, 0.3) is 0 Å². The van der Waals surface area contributed by atoms with E-state index in [0.29, 0.717) is 23.3 Å². The number of aryl methyl sites for hydroxylation is 1. The van der Waals surface area contributed by atoms with E-state index in [4.69, 9.17) is 13.8 Å². The van der Waals surface area contributed by atoms with Crippen molar-refractivity contribution in [2.45, 2.75) is 46.4 Å². The van der Waals surface area contributed by atoms with Crippen molar-refractivity contribution in [3.8, 4) is 11.5 Å². The number of nitrogens with zero attached hydrogens (tertiary/aromatic N) is 1. The lowest BCUT2D eigenvalue weighted by Crippen LogP contribution is -2.34. The number of rotatable bonds is 10. The second-order valence-electron chi connectivity index (χ2n) is 6.52. The van der Waals surface area contributed by atoms with Crippen LogP contribution in [0.2, 0.25) is 0 Å². The summed E-state index contributed by atoms with van der Waals surface area (Å²) >= 11 is 0. The normalized spacial score (nSPS) is 13.0. The number of aromatic nitrogens is 1. The molecule has 2 N–H and O–H groups in total. The SMILES string of the molecule is Cc1ncc(COP(N[C@H](C)C(=O)OC(C)C)Oc2ccccc2)c(C=O)c1O. The molecule has 2 atom stereocenters. The molecule has 156 valence electrons. The van der Waals surface area contributed by atoms with Crippen LogP contribution in [-0.4, -0.2) is 34.5 Å². The van der Waals surface area contributed by atoms with Gasteiger partial charge in [-0.2, -0.15) is 0 Å². The first-order valence-electron chi connectivity index (χ1n) is 9.07. The molecule has 1 heterocycles. The molecule has 0 amide bonds. The zero-order chi connectivity index (χ0) is 21.4. The van der Waals surface area contributed by atoms with Crippen molar-refractivity contribution in [3.63, 3.8) is 0 Å². The summed E-state index contributed by atoms with van der Waals surface area (Å²) < 4.78 is 16.9. The van der Waals surface area contributed by atoms with Crippen LogP contribution >= 0.6 is 8.53 Å². The molecule has 29 heavy (non-hydrogen) atoms. The number of carbonyl (C=O) groups excluding carboxylic acids is 2. The highest BCUT2D eigenvalue weighted by molar-refractivity contribution is 7.45. The van der Waals surface area contributed by atoms with Gasteiger partial charge < -0.3 is 18.9 Å². The van der Waals surface area contributed by atoms with Gasteiger partial charge in [-0.1, -0.05) is 18.2 Å². The Labute approximate surface area is 171 Å². The number of nitrogens with one attached hydrogen (secondary N) is 1. The minimum atomic E-state index is -1.77. The first kappa shape index (κ1) is 22.7. The maximum absolute atomic E-state index is 12.1. The molecule has 1 aromatic carbocycles. The molecule has 0 radical (unpaired) electrons. The third kappa shape index (κ3) is 6.78. The molecule has 0 aliphatic heterocycles. The molecular weight excluding hydrogens is 395 g/mol. The number of ether oxygens (including phenoxy) is 1. The van der Waals surface area contributed by atoms with Crippen LogP contribution in [0.25, 0.3) is 0 Å². The van der Waals surface area contributed by atoms with Gasteiger partial charge in [-0.25, -0.2) is 5.09 Å². The molecule has 0 bridgehead atoms. The van der Waals surface area contributed by atoms with Crippen molar-refractivity contribution in [2.24, 2.45) is 0 Å². The van der Waals surface area contributed by atoms with Gasteiger partial charge in [0, 0.05) is 11.8 Å². The molecule has 0 aliphatic carbocycles. The maximum atomic E-state index is 12.1. The van der Waals surface area contributed by atoms with E-state index in [0.717, 1.165) is 0 Å². The molecule has 0 saturated heterocycles. The van der Waals surface area contributed by atoms with Crippen molar-refractivity contribution < 1.29 is 28.5 Å². The highest BCUT2D eigenvalue weighted by Gasteiger charge is 2.24. The maximum Gasteiger partial charge on any atom is 0.323 e. The number of carbonyl (C=O) groups is 2. The smallest absolute Gasteiger partial charge is 0.323 e. The minimum Gasteiger partial charge on any atom is -0.505 e. The summed E-state index contributed by atoms with van der Waals surface area (Å²) in [7, 11) is -1.77. The summed E-state index contributed by atoms with van der Waals surface area (Å²) in [5, 5.41) is 13.0. The third-order valence-electron chi connectivity index (χ3n) is 3.75. The van der Waals surface area contributed by atoms with Crippen LogP contribution in [0, 0.1) is 6.92 Å². The summed E-state index contributed by atoms with van der Waals surface area (Å²) in [6.45, 7) is 6.73. The van der Waals surface area contributed by atoms with Crippen LogP contribution in [0.5, 0.6) is 11.5 Å². The van der Waals surface area contributed by atoms with Gasteiger partial charge in [-0.15, -0.1) is 0 Å². The minimum absolute atomic E-state index is 0.0492. The average molecular weight is 420 g/mol. The Morgan fingerprint density at radius 1 is 1.28 bits per heavy atom. The van der Waals surface area contributed by atoms with Crippen LogP contribution in [0.4, 0.5) is 0 Å². The van der Waals surface area contributed by atoms with Crippen LogP contribution in [0.3, 0.4) is 0 Å². The quantitative estimate of drug-likeness (QED) is 0.341. The van der Waals surface area contributed by atoms with Gasteiger partial charge in [-0.3, -0.25) is 14.6 Å². The van der Waals surface area contributed by atoms with Gasteiger partial charge >= 0.3 is 14.5 Å². The van der Waals surface area contributed by atoms with Gasteiger partial charge in [-0.05, 0) is 39.8 Å². The molecule has 2 rings (SSSR count). The van der Waals surface area contributed by atoms with E-state index in [9.17, 15) is 14.7 Å². The van der Waals surface area contributed by atoms with Gasteiger partial charge in [0.05, 0.1) is 24.0 Å². The Morgan fingerprint density at radius 3 is 2.59 bits per heavy atom. The summed E-state index contributed by atoms with van der Waals surface area (Å²) in [4.78, 5) is 27.5. The zero-order valence-corrected chi connectivity index (χ0v) is 17.7. The van der Waals surface area contributed by atoms with Crippen molar-refractivity contribution in [1.29, 1.82) is 0 Å². The van der Waals surface area contributed by atoms with Crippen LogP contribution in [-0.2, 0) is 20.7 Å². The zero-order valence-electron chi connectivity index (χ0n) is 16.8. The lowest BCUT2D eigenvalue weighted by Gasteiger charge is -2.22. The fraction of sp³-hybridized carbons (Fsp3) is 0.350. The Morgan fingerprint density at radius 2 is 1.97 bits per heavy atom. The summed E-state index contributed by atoms with van der Waals surface area (Å²) in [6, 6.07) is 8.31. The summed E-state index contributed by atoms with van der Waals surface area (Å²) in [5.74, 6) is -0.0664. The van der Waals surface area contributed by atoms with Crippen molar-refractivity contribution in [2.75, 3.05) is 0 Å². The fourth-order valence-corrected chi connectivity index (χ4v) is 3.41. The van der Waals surface area contributed by atoms with Crippen molar-refractivity contribution >= 4 is 20.8 Å². The number of benzene rings is 1. The molecule has 1 unspecified atom stereocenters. The van der Waals surface area contributed by atoms with Crippen molar-refractivity contribution in [1.82, 2.24) is 10.1 Å². The first-order valence-corrected chi connectivity index (χ1v) is 10.2. The van der Waals surface area contributed by atoms with Crippen LogP contribution in [0.1, 0.15) is 42.4 Å². The highest BCUT2D eigenvalue weighted by Crippen LogP contribution is 2.38. The number of hydrogen-bond acceptors (Lipinski definition) is 8. The number of esters is 1. The molecule has 0 aliphatic rings.